The fourth-order valence-corrected chi connectivity index (χ4v) is 7.55. The Balaban J connectivity index is 1.49. The summed E-state index contributed by atoms with van der Waals surface area (Å²) in [5.41, 5.74) is 4.74. The third-order valence-electron chi connectivity index (χ3n) is 6.33. The van der Waals surface area contributed by atoms with Crippen LogP contribution in [0.1, 0.15) is 45.5 Å². The van der Waals surface area contributed by atoms with E-state index in [2.05, 4.69) is 61.7 Å². The van der Waals surface area contributed by atoms with E-state index in [1.807, 2.05) is 40.5 Å². The molecule has 6 rings (SSSR count). The molecule has 2 aliphatic rings. The first-order chi connectivity index (χ1) is 15.7. The van der Waals surface area contributed by atoms with Crippen LogP contribution in [0.2, 0.25) is 0 Å². The molecule has 4 heterocycles. The third-order valence-corrected chi connectivity index (χ3v) is 9.08. The van der Waals surface area contributed by atoms with Gasteiger partial charge < -0.3 is 14.8 Å². The average molecular weight is 525 g/mol. The second-order valence-electron chi connectivity index (χ2n) is 8.28. The van der Waals surface area contributed by atoms with Gasteiger partial charge in [-0.05, 0) is 73.0 Å². The topological polar surface area (TPSA) is 37.3 Å². The van der Waals surface area contributed by atoms with Crippen LogP contribution < -0.4 is 5.32 Å². The molecule has 0 saturated heterocycles. The van der Waals surface area contributed by atoms with Crippen molar-refractivity contribution in [3.63, 3.8) is 0 Å². The van der Waals surface area contributed by atoms with E-state index in [1.54, 1.807) is 11.3 Å². The summed E-state index contributed by atoms with van der Waals surface area (Å²) in [5, 5.41) is 6.53. The van der Waals surface area contributed by atoms with E-state index in [4.69, 9.17) is 0 Å². The van der Waals surface area contributed by atoms with Crippen LogP contribution in [0.3, 0.4) is 0 Å². The SMILES string of the molecule is O=C(Nc1cccc(Br)c1)N1Cc2c(sc3c2CCCC3)-n2cccc2[C@@H]1c1cccs1. The lowest BCUT2D eigenvalue weighted by atomic mass is 9.95. The Kier molecular flexibility index (Phi) is 5.20. The fraction of sp³-hybridized carbons (Fsp3) is 0.240. The summed E-state index contributed by atoms with van der Waals surface area (Å²) in [5.74, 6) is 0. The highest BCUT2D eigenvalue weighted by atomic mass is 79.9. The number of nitrogens with zero attached hydrogens (tertiary/aromatic N) is 2. The van der Waals surface area contributed by atoms with Crippen LogP contribution in [0.15, 0.2) is 64.6 Å². The maximum absolute atomic E-state index is 13.8. The molecule has 0 unspecified atom stereocenters. The van der Waals surface area contributed by atoms with Crippen molar-refractivity contribution in [2.45, 2.75) is 38.3 Å². The molecule has 1 N–H and O–H groups in total. The van der Waals surface area contributed by atoms with Gasteiger partial charge >= 0.3 is 6.03 Å². The molecule has 1 aliphatic carbocycles. The summed E-state index contributed by atoms with van der Waals surface area (Å²) in [6, 6.07) is 16.1. The summed E-state index contributed by atoms with van der Waals surface area (Å²) in [4.78, 5) is 18.5. The molecule has 0 spiro atoms. The number of hydrogen-bond acceptors (Lipinski definition) is 3. The van der Waals surface area contributed by atoms with E-state index in [9.17, 15) is 4.79 Å². The Bertz CT molecular complexity index is 1290. The molecule has 0 saturated carbocycles. The van der Waals surface area contributed by atoms with Gasteiger partial charge in [-0.1, -0.05) is 28.1 Å². The van der Waals surface area contributed by atoms with E-state index < -0.39 is 0 Å². The van der Waals surface area contributed by atoms with E-state index in [1.165, 1.54) is 38.7 Å². The lowest BCUT2D eigenvalue weighted by molar-refractivity contribution is 0.195. The van der Waals surface area contributed by atoms with Crippen molar-refractivity contribution in [1.29, 1.82) is 0 Å². The zero-order valence-corrected chi connectivity index (χ0v) is 20.6. The summed E-state index contributed by atoms with van der Waals surface area (Å²) in [7, 11) is 0. The summed E-state index contributed by atoms with van der Waals surface area (Å²) >= 11 is 7.14. The zero-order valence-electron chi connectivity index (χ0n) is 17.4. The molecule has 32 heavy (non-hydrogen) atoms. The van der Waals surface area contributed by atoms with Gasteiger partial charge in [0.15, 0.2) is 0 Å². The average Bonchev–Trinajstić information content (AvgIpc) is 3.53. The number of amides is 2. The predicted molar refractivity (Wildman–Crippen MR) is 135 cm³/mol. The van der Waals surface area contributed by atoms with Crippen molar-refractivity contribution in [3.05, 3.63) is 91.2 Å². The van der Waals surface area contributed by atoms with Crippen molar-refractivity contribution in [1.82, 2.24) is 9.47 Å². The molecule has 4 aromatic rings. The number of carbonyl (C=O) groups excluding carboxylic acids is 1. The molecule has 1 atom stereocenters. The van der Waals surface area contributed by atoms with Gasteiger partial charge in [0, 0.05) is 31.7 Å². The number of halogens is 1. The zero-order chi connectivity index (χ0) is 21.7. The first kappa shape index (κ1) is 20.3. The summed E-state index contributed by atoms with van der Waals surface area (Å²) in [6.07, 6.45) is 6.92. The second kappa shape index (κ2) is 8.21. The van der Waals surface area contributed by atoms with E-state index in [-0.39, 0.29) is 12.1 Å². The van der Waals surface area contributed by atoms with E-state index in [0.717, 1.165) is 28.7 Å². The number of thiophene rings is 2. The van der Waals surface area contributed by atoms with Crippen LogP contribution in [0.4, 0.5) is 10.5 Å². The Labute approximate surface area is 203 Å². The first-order valence-corrected chi connectivity index (χ1v) is 13.4. The second-order valence-corrected chi connectivity index (χ2v) is 11.3. The molecule has 4 nitrogen and oxygen atoms in total. The van der Waals surface area contributed by atoms with E-state index >= 15 is 0 Å². The molecule has 2 amide bonds. The molecule has 0 radical (unpaired) electrons. The van der Waals surface area contributed by atoms with Crippen LogP contribution in [0.25, 0.3) is 5.00 Å². The maximum atomic E-state index is 13.8. The number of rotatable bonds is 2. The molecule has 162 valence electrons. The normalized spacial score (nSPS) is 17.3. The number of benzene rings is 1. The highest BCUT2D eigenvalue weighted by Gasteiger charge is 2.36. The van der Waals surface area contributed by atoms with Gasteiger partial charge in [-0.3, -0.25) is 0 Å². The van der Waals surface area contributed by atoms with Gasteiger partial charge in [0.25, 0.3) is 0 Å². The van der Waals surface area contributed by atoms with Crippen LogP contribution in [0.5, 0.6) is 0 Å². The minimum atomic E-state index is -0.129. The minimum Gasteiger partial charge on any atom is -0.310 e. The molecule has 0 bridgehead atoms. The third kappa shape index (κ3) is 3.43. The van der Waals surface area contributed by atoms with Crippen molar-refractivity contribution in [3.8, 4) is 5.00 Å². The summed E-state index contributed by atoms with van der Waals surface area (Å²) in [6.45, 7) is 0.616. The van der Waals surface area contributed by atoms with Crippen molar-refractivity contribution in [2.24, 2.45) is 0 Å². The molecule has 1 aromatic carbocycles. The number of fused-ring (bicyclic) bond motifs is 5. The quantitative estimate of drug-likeness (QED) is 0.292. The Morgan fingerprint density at radius 3 is 2.81 bits per heavy atom. The van der Waals surface area contributed by atoms with Gasteiger partial charge in [0.2, 0.25) is 0 Å². The highest BCUT2D eigenvalue weighted by Crippen LogP contribution is 2.44. The van der Waals surface area contributed by atoms with E-state index in [0.29, 0.717) is 6.54 Å². The standard InChI is InChI=1S/C25H22BrN3OS2/c26-16-6-3-7-17(14-16)27-25(30)29-15-19-18-8-1-2-10-21(18)32-24(19)28-12-4-9-20(28)23(29)22-11-5-13-31-22/h3-7,9,11-14,23H,1-2,8,10,15H2,(H,27,30)/t23-/m1/s1. The molecule has 3 aromatic heterocycles. The van der Waals surface area contributed by atoms with Crippen LogP contribution in [-0.2, 0) is 19.4 Å². The summed E-state index contributed by atoms with van der Waals surface area (Å²) < 4.78 is 3.28. The number of aryl methyl sites for hydroxylation is 1. The first-order valence-electron chi connectivity index (χ1n) is 10.9. The molecular formula is C25H22BrN3OS2. The Morgan fingerprint density at radius 1 is 1.06 bits per heavy atom. The molecular weight excluding hydrogens is 502 g/mol. The van der Waals surface area contributed by atoms with Gasteiger partial charge in [0.05, 0.1) is 12.2 Å². The number of urea groups is 1. The lowest BCUT2D eigenvalue weighted by Gasteiger charge is -2.30. The van der Waals surface area contributed by atoms with Crippen LogP contribution in [0, 0.1) is 0 Å². The van der Waals surface area contributed by atoms with Crippen LogP contribution in [-0.4, -0.2) is 15.5 Å². The fourth-order valence-electron chi connectivity index (χ4n) is 4.89. The maximum Gasteiger partial charge on any atom is 0.323 e. The number of hydrogen-bond donors (Lipinski definition) is 1. The number of aromatic nitrogens is 1. The Hall–Kier alpha value is -2.35. The van der Waals surface area contributed by atoms with Crippen molar-refractivity contribution >= 4 is 50.3 Å². The van der Waals surface area contributed by atoms with Gasteiger partial charge in [0.1, 0.15) is 11.0 Å². The molecule has 1 aliphatic heterocycles. The van der Waals surface area contributed by atoms with Gasteiger partial charge in [-0.15, -0.1) is 22.7 Å². The van der Waals surface area contributed by atoms with Crippen LogP contribution >= 0.6 is 38.6 Å². The molecule has 0 fully saturated rings. The minimum absolute atomic E-state index is 0.0714. The highest BCUT2D eigenvalue weighted by molar-refractivity contribution is 9.10. The monoisotopic (exact) mass is 523 g/mol. The van der Waals surface area contributed by atoms with Gasteiger partial charge in [-0.25, -0.2) is 4.79 Å². The predicted octanol–water partition coefficient (Wildman–Crippen LogP) is 7.38. The Morgan fingerprint density at radius 2 is 1.97 bits per heavy atom. The number of anilines is 1. The smallest absolute Gasteiger partial charge is 0.310 e. The largest absolute Gasteiger partial charge is 0.323 e. The van der Waals surface area contributed by atoms with Gasteiger partial charge in [-0.2, -0.15) is 0 Å². The number of carbonyl (C=O) groups is 1. The van der Waals surface area contributed by atoms with Crippen molar-refractivity contribution in [2.75, 3.05) is 5.32 Å². The van der Waals surface area contributed by atoms with Crippen molar-refractivity contribution < 1.29 is 4.79 Å². The lowest BCUT2D eigenvalue weighted by Crippen LogP contribution is -2.37. The molecule has 7 heteroatoms. The number of nitrogens with one attached hydrogen (secondary N) is 1.